The summed E-state index contributed by atoms with van der Waals surface area (Å²) in [7, 11) is -4.29. The molecule has 2 amide bonds. The van der Waals surface area contributed by atoms with Crippen molar-refractivity contribution in [3.8, 4) is 0 Å². The third-order valence-electron chi connectivity index (χ3n) is 7.03. The molecule has 4 rings (SSSR count). The predicted octanol–water partition coefficient (Wildman–Crippen LogP) is 7.05. The minimum absolute atomic E-state index is 0.0229. The number of carbonyl (C=O) groups excluding carboxylic acids is 2. The molecule has 0 aliphatic heterocycles. The molecule has 0 radical (unpaired) electrons. The van der Waals surface area contributed by atoms with Crippen LogP contribution in [0.25, 0.3) is 0 Å². The predicted molar refractivity (Wildman–Crippen MR) is 181 cm³/mol. The Bertz CT molecular complexity index is 1730. The second-order valence-corrected chi connectivity index (χ2v) is 14.6. The van der Waals surface area contributed by atoms with Gasteiger partial charge in [0.15, 0.2) is 0 Å². The quantitative estimate of drug-likeness (QED) is 0.186. The van der Waals surface area contributed by atoms with E-state index in [0.717, 1.165) is 21.0 Å². The summed E-state index contributed by atoms with van der Waals surface area (Å²) in [5, 5.41) is 3.37. The Labute approximate surface area is 275 Å². The lowest BCUT2D eigenvalue weighted by Gasteiger charge is -2.35. The highest BCUT2D eigenvalue weighted by Gasteiger charge is 2.36. The van der Waals surface area contributed by atoms with Crippen LogP contribution in [0.3, 0.4) is 0 Å². The maximum absolute atomic E-state index is 14.5. The van der Waals surface area contributed by atoms with Crippen LogP contribution in [-0.4, -0.2) is 43.3 Å². The molecular weight excluding hydrogens is 629 g/mol. The molecule has 1 atom stereocenters. The Balaban J connectivity index is 1.84. The Hall–Kier alpha value is -3.85. The highest BCUT2D eigenvalue weighted by atomic mass is 35.5. The van der Waals surface area contributed by atoms with Gasteiger partial charge in [-0.1, -0.05) is 102 Å². The molecule has 1 unspecified atom stereocenters. The number of anilines is 1. The van der Waals surface area contributed by atoms with E-state index in [2.05, 4.69) is 5.32 Å². The van der Waals surface area contributed by atoms with Crippen LogP contribution >= 0.6 is 23.2 Å². The monoisotopic (exact) mass is 665 g/mol. The van der Waals surface area contributed by atoms with Crippen LogP contribution in [0.15, 0.2) is 108 Å². The highest BCUT2D eigenvalue weighted by Crippen LogP contribution is 2.33. The zero-order chi connectivity index (χ0) is 32.8. The van der Waals surface area contributed by atoms with E-state index in [1.807, 2.05) is 82.3 Å². The fourth-order valence-corrected chi connectivity index (χ4v) is 6.69. The third kappa shape index (κ3) is 9.10. The maximum Gasteiger partial charge on any atom is 0.264 e. The molecule has 4 aromatic rings. The molecule has 0 aromatic heterocycles. The zero-order valence-corrected chi connectivity index (χ0v) is 28.0. The van der Waals surface area contributed by atoms with Crippen molar-refractivity contribution >= 4 is 50.7 Å². The summed E-state index contributed by atoms with van der Waals surface area (Å²) in [5.74, 6) is -0.943. The fraction of sp³-hybridized carbons (Fsp3) is 0.257. The standard InChI is InChI=1S/C35H37Cl2N3O4S/c1-25-15-17-27(18-16-25)23-39(32(34(42)38-35(2,3)4)21-26-11-7-5-8-12-26)33(41)24-40(31-22-28(36)19-20-30(31)37)45(43,44)29-13-9-6-10-14-29/h5-20,22,32H,21,23-24H2,1-4H3,(H,38,42). The largest absolute Gasteiger partial charge is 0.350 e. The minimum atomic E-state index is -4.29. The van der Waals surface area contributed by atoms with E-state index in [4.69, 9.17) is 23.2 Å². The molecule has 0 fully saturated rings. The van der Waals surface area contributed by atoms with Crippen molar-refractivity contribution in [1.29, 1.82) is 0 Å². The zero-order valence-electron chi connectivity index (χ0n) is 25.7. The average Bonchev–Trinajstić information content (AvgIpc) is 3.00. The number of nitrogens with zero attached hydrogens (tertiary/aromatic N) is 2. The van der Waals surface area contributed by atoms with E-state index < -0.39 is 34.1 Å². The van der Waals surface area contributed by atoms with Gasteiger partial charge in [-0.25, -0.2) is 8.42 Å². The first kappa shape index (κ1) is 34.0. The number of hydrogen-bond acceptors (Lipinski definition) is 4. The molecule has 4 aromatic carbocycles. The van der Waals surface area contributed by atoms with Gasteiger partial charge >= 0.3 is 0 Å². The molecule has 0 spiro atoms. The summed E-state index contributed by atoms with van der Waals surface area (Å²) >= 11 is 12.8. The number of amides is 2. The Morgan fingerprint density at radius 3 is 2.02 bits per heavy atom. The Morgan fingerprint density at radius 1 is 0.822 bits per heavy atom. The van der Waals surface area contributed by atoms with Gasteiger partial charge in [-0.2, -0.15) is 0 Å². The van der Waals surface area contributed by atoms with E-state index in [0.29, 0.717) is 0 Å². The van der Waals surface area contributed by atoms with Gasteiger partial charge in [-0.3, -0.25) is 13.9 Å². The molecular formula is C35H37Cl2N3O4S. The third-order valence-corrected chi connectivity index (χ3v) is 9.36. The SMILES string of the molecule is Cc1ccc(CN(C(=O)CN(c2cc(Cl)ccc2Cl)S(=O)(=O)c2ccccc2)C(Cc2ccccc2)C(=O)NC(C)(C)C)cc1. The highest BCUT2D eigenvalue weighted by molar-refractivity contribution is 7.92. The first-order valence-corrected chi connectivity index (χ1v) is 16.7. The van der Waals surface area contributed by atoms with E-state index in [9.17, 15) is 18.0 Å². The molecule has 1 N–H and O–H groups in total. The number of carbonyl (C=O) groups is 2. The van der Waals surface area contributed by atoms with Gasteiger partial charge in [-0.15, -0.1) is 0 Å². The minimum Gasteiger partial charge on any atom is -0.350 e. The summed E-state index contributed by atoms with van der Waals surface area (Å²) in [6.45, 7) is 7.00. The van der Waals surface area contributed by atoms with Crippen molar-refractivity contribution < 1.29 is 18.0 Å². The summed E-state index contributed by atoms with van der Waals surface area (Å²) in [5.41, 5.74) is 2.14. The normalized spacial score (nSPS) is 12.3. The topological polar surface area (TPSA) is 86.8 Å². The molecule has 10 heteroatoms. The van der Waals surface area contributed by atoms with Gasteiger partial charge in [0.05, 0.1) is 15.6 Å². The second-order valence-electron chi connectivity index (χ2n) is 11.9. The van der Waals surface area contributed by atoms with E-state index >= 15 is 0 Å². The number of benzene rings is 4. The van der Waals surface area contributed by atoms with Gasteiger partial charge in [-0.05, 0) is 69.2 Å². The number of sulfonamides is 1. The lowest BCUT2D eigenvalue weighted by atomic mass is 10.0. The molecule has 0 heterocycles. The van der Waals surface area contributed by atoms with Crippen LogP contribution in [-0.2, 0) is 32.6 Å². The van der Waals surface area contributed by atoms with Crippen LogP contribution in [0.2, 0.25) is 10.0 Å². The number of nitrogens with one attached hydrogen (secondary N) is 1. The summed E-state index contributed by atoms with van der Waals surface area (Å²) in [6.07, 6.45) is 0.212. The first-order valence-electron chi connectivity index (χ1n) is 14.5. The molecule has 236 valence electrons. The second kappa shape index (κ2) is 14.5. The summed E-state index contributed by atoms with van der Waals surface area (Å²) < 4.78 is 29.2. The van der Waals surface area contributed by atoms with Crippen molar-refractivity contribution in [3.63, 3.8) is 0 Å². The van der Waals surface area contributed by atoms with Gasteiger partial charge < -0.3 is 10.2 Å². The van der Waals surface area contributed by atoms with Crippen molar-refractivity contribution in [1.82, 2.24) is 10.2 Å². The average molecular weight is 667 g/mol. The summed E-state index contributed by atoms with van der Waals surface area (Å²) in [6, 6.07) is 28.3. The van der Waals surface area contributed by atoms with Crippen molar-refractivity contribution in [2.24, 2.45) is 0 Å². The lowest BCUT2D eigenvalue weighted by molar-refractivity contribution is -0.140. The fourth-order valence-electron chi connectivity index (χ4n) is 4.81. The Morgan fingerprint density at radius 2 is 1.42 bits per heavy atom. The molecule has 7 nitrogen and oxygen atoms in total. The van der Waals surface area contributed by atoms with Gasteiger partial charge in [0, 0.05) is 23.5 Å². The van der Waals surface area contributed by atoms with Crippen LogP contribution in [0, 0.1) is 6.92 Å². The van der Waals surface area contributed by atoms with Crippen molar-refractivity contribution in [3.05, 3.63) is 130 Å². The lowest BCUT2D eigenvalue weighted by Crippen LogP contribution is -2.56. The number of halogens is 2. The molecule has 0 saturated carbocycles. The van der Waals surface area contributed by atoms with Crippen molar-refractivity contribution in [2.45, 2.75) is 57.1 Å². The Kier molecular flexibility index (Phi) is 11.0. The molecule has 0 aliphatic carbocycles. The van der Waals surface area contributed by atoms with E-state index in [1.54, 1.807) is 24.3 Å². The number of rotatable bonds is 11. The molecule has 0 saturated heterocycles. The van der Waals surface area contributed by atoms with Crippen molar-refractivity contribution in [2.75, 3.05) is 10.8 Å². The van der Waals surface area contributed by atoms with Crippen LogP contribution < -0.4 is 9.62 Å². The maximum atomic E-state index is 14.5. The van der Waals surface area contributed by atoms with Gasteiger partial charge in [0.1, 0.15) is 12.6 Å². The molecule has 0 aliphatic rings. The number of hydrogen-bond donors (Lipinski definition) is 1. The van der Waals surface area contributed by atoms with E-state index in [-0.39, 0.29) is 39.5 Å². The van der Waals surface area contributed by atoms with Gasteiger partial charge in [0.2, 0.25) is 11.8 Å². The van der Waals surface area contributed by atoms with Gasteiger partial charge in [0.25, 0.3) is 10.0 Å². The molecule has 45 heavy (non-hydrogen) atoms. The first-order chi connectivity index (χ1) is 21.2. The van der Waals surface area contributed by atoms with E-state index in [1.165, 1.54) is 29.2 Å². The molecule has 0 bridgehead atoms. The summed E-state index contributed by atoms with van der Waals surface area (Å²) in [4.78, 5) is 29.9. The van der Waals surface area contributed by atoms with Crippen LogP contribution in [0.1, 0.15) is 37.5 Å². The van der Waals surface area contributed by atoms with Crippen LogP contribution in [0.5, 0.6) is 0 Å². The number of aryl methyl sites for hydroxylation is 1. The van der Waals surface area contributed by atoms with Crippen LogP contribution in [0.4, 0.5) is 5.69 Å². The smallest absolute Gasteiger partial charge is 0.264 e.